The predicted octanol–water partition coefficient (Wildman–Crippen LogP) is 3.13. The maximum Gasteiger partial charge on any atom is 0.193 e. The molecule has 0 bridgehead atoms. The van der Waals surface area contributed by atoms with E-state index in [1.54, 1.807) is 13.3 Å². The van der Waals surface area contributed by atoms with Crippen LogP contribution in [-0.4, -0.2) is 60.7 Å². The summed E-state index contributed by atoms with van der Waals surface area (Å²) in [5, 5.41) is 7.37. The van der Waals surface area contributed by atoms with Crippen LogP contribution in [-0.2, 0) is 13.0 Å². The number of aromatic nitrogens is 1. The minimum atomic E-state index is -0.235. The Morgan fingerprint density at radius 1 is 1.30 bits per heavy atom. The Hall–Kier alpha value is -1.20. The van der Waals surface area contributed by atoms with E-state index in [0.717, 1.165) is 62.9 Å². The molecule has 0 amide bonds. The first-order chi connectivity index (χ1) is 12.7. The zero-order valence-electron chi connectivity index (χ0n) is 15.2. The lowest BCUT2D eigenvalue weighted by molar-refractivity contribution is 0.169. The van der Waals surface area contributed by atoms with Gasteiger partial charge in [-0.15, -0.1) is 24.0 Å². The van der Waals surface area contributed by atoms with E-state index in [2.05, 4.69) is 41.2 Å². The van der Waals surface area contributed by atoms with Gasteiger partial charge in [-0.05, 0) is 40.0 Å². The second kappa shape index (κ2) is 11.0. The molecule has 0 aliphatic carbocycles. The van der Waals surface area contributed by atoms with Crippen LogP contribution < -0.4 is 5.32 Å². The fourth-order valence-electron chi connectivity index (χ4n) is 3.01. The van der Waals surface area contributed by atoms with Gasteiger partial charge in [-0.2, -0.15) is 0 Å². The summed E-state index contributed by atoms with van der Waals surface area (Å²) < 4.78 is 18.7. The van der Waals surface area contributed by atoms with Crippen LogP contribution in [0.1, 0.15) is 11.3 Å². The molecule has 0 spiro atoms. The zero-order valence-corrected chi connectivity index (χ0v) is 19.1. The molecule has 0 saturated carbocycles. The standard InChI is InChI=1S/C18H23BrFN5O.HI/c1-21-18(22-6-4-14-2-3-17(20)16(19)12-14)25-9-7-24(8-10-25)13-15-5-11-26-23-15;/h2-3,5,11-12H,4,6-10,13H2,1H3,(H,21,22);1H. The molecule has 1 N–H and O–H groups in total. The number of rotatable bonds is 5. The molecule has 1 fully saturated rings. The average Bonchev–Trinajstić information content (AvgIpc) is 3.16. The Morgan fingerprint density at radius 2 is 2.07 bits per heavy atom. The summed E-state index contributed by atoms with van der Waals surface area (Å²) in [5.74, 6) is 0.674. The van der Waals surface area contributed by atoms with Crippen molar-refractivity contribution in [3.05, 3.63) is 52.1 Å². The third kappa shape index (κ3) is 6.42. The van der Waals surface area contributed by atoms with Crippen molar-refractivity contribution < 1.29 is 8.91 Å². The first-order valence-corrected chi connectivity index (χ1v) is 9.46. The molecule has 2 aromatic rings. The Kier molecular flexibility index (Phi) is 8.97. The Bertz CT molecular complexity index is 735. The maximum absolute atomic E-state index is 13.3. The molecule has 6 nitrogen and oxygen atoms in total. The third-order valence-corrected chi connectivity index (χ3v) is 5.05. The molecule has 0 unspecified atom stereocenters. The average molecular weight is 552 g/mol. The second-order valence-corrected chi connectivity index (χ2v) is 7.08. The van der Waals surface area contributed by atoms with E-state index in [0.29, 0.717) is 4.47 Å². The zero-order chi connectivity index (χ0) is 18.4. The van der Waals surface area contributed by atoms with Crippen LogP contribution >= 0.6 is 39.9 Å². The fourth-order valence-corrected chi connectivity index (χ4v) is 3.44. The van der Waals surface area contributed by atoms with Crippen LogP contribution in [0.5, 0.6) is 0 Å². The highest BCUT2D eigenvalue weighted by atomic mass is 127. The van der Waals surface area contributed by atoms with E-state index < -0.39 is 0 Å². The van der Waals surface area contributed by atoms with Crippen molar-refractivity contribution in [3.8, 4) is 0 Å². The first kappa shape index (κ1) is 22.1. The van der Waals surface area contributed by atoms with Gasteiger partial charge in [0.25, 0.3) is 0 Å². The molecule has 27 heavy (non-hydrogen) atoms. The molecule has 1 saturated heterocycles. The summed E-state index contributed by atoms with van der Waals surface area (Å²) in [4.78, 5) is 9.01. The van der Waals surface area contributed by atoms with E-state index in [9.17, 15) is 4.39 Å². The first-order valence-electron chi connectivity index (χ1n) is 8.67. The maximum atomic E-state index is 13.3. The van der Waals surface area contributed by atoms with Crippen LogP contribution in [0.4, 0.5) is 4.39 Å². The van der Waals surface area contributed by atoms with Crippen LogP contribution in [0.2, 0.25) is 0 Å². The fraction of sp³-hybridized carbons (Fsp3) is 0.444. The van der Waals surface area contributed by atoms with Crippen molar-refractivity contribution in [1.29, 1.82) is 0 Å². The summed E-state index contributed by atoms with van der Waals surface area (Å²) in [6.45, 7) is 5.32. The number of nitrogens with one attached hydrogen (secondary N) is 1. The Morgan fingerprint density at radius 3 is 2.70 bits per heavy atom. The molecular weight excluding hydrogens is 528 g/mol. The number of hydrogen-bond donors (Lipinski definition) is 1. The highest BCUT2D eigenvalue weighted by Gasteiger charge is 2.20. The van der Waals surface area contributed by atoms with Crippen LogP contribution in [0.25, 0.3) is 0 Å². The largest absolute Gasteiger partial charge is 0.364 e. The molecule has 9 heteroatoms. The molecule has 2 heterocycles. The lowest BCUT2D eigenvalue weighted by Crippen LogP contribution is -2.52. The van der Waals surface area contributed by atoms with Gasteiger partial charge in [0, 0.05) is 52.4 Å². The van der Waals surface area contributed by atoms with Gasteiger partial charge < -0.3 is 14.7 Å². The van der Waals surface area contributed by atoms with Crippen molar-refractivity contribution in [3.63, 3.8) is 0 Å². The Labute approximate surface area is 184 Å². The molecule has 0 radical (unpaired) electrons. The molecule has 1 aromatic heterocycles. The minimum Gasteiger partial charge on any atom is -0.364 e. The number of aliphatic imine (C=N–C) groups is 1. The highest BCUT2D eigenvalue weighted by Crippen LogP contribution is 2.17. The lowest BCUT2D eigenvalue weighted by Gasteiger charge is -2.36. The number of halogens is 3. The van der Waals surface area contributed by atoms with Crippen molar-refractivity contribution >= 4 is 45.9 Å². The van der Waals surface area contributed by atoms with Crippen LogP contribution in [0.3, 0.4) is 0 Å². The van der Waals surface area contributed by atoms with Gasteiger partial charge >= 0.3 is 0 Å². The van der Waals surface area contributed by atoms with Gasteiger partial charge in [0.1, 0.15) is 12.1 Å². The van der Waals surface area contributed by atoms with Crippen LogP contribution in [0, 0.1) is 5.82 Å². The summed E-state index contributed by atoms with van der Waals surface area (Å²) in [6.07, 6.45) is 2.42. The highest BCUT2D eigenvalue weighted by molar-refractivity contribution is 14.0. The quantitative estimate of drug-likeness (QED) is 0.351. The summed E-state index contributed by atoms with van der Waals surface area (Å²) in [6, 6.07) is 7.03. The normalized spacial score (nSPS) is 15.5. The summed E-state index contributed by atoms with van der Waals surface area (Å²) in [7, 11) is 1.80. The van der Waals surface area contributed by atoms with Gasteiger partial charge in [-0.1, -0.05) is 11.2 Å². The van der Waals surface area contributed by atoms with E-state index in [-0.39, 0.29) is 29.8 Å². The lowest BCUT2D eigenvalue weighted by atomic mass is 10.1. The SMILES string of the molecule is CN=C(NCCc1ccc(F)c(Br)c1)N1CCN(Cc2ccon2)CC1.I. The smallest absolute Gasteiger partial charge is 0.193 e. The molecule has 1 aliphatic heterocycles. The molecule has 1 aromatic carbocycles. The van der Waals surface area contributed by atoms with E-state index in [4.69, 9.17) is 4.52 Å². The van der Waals surface area contributed by atoms with Gasteiger partial charge in [0.05, 0.1) is 10.2 Å². The summed E-state index contributed by atoms with van der Waals surface area (Å²) in [5.41, 5.74) is 2.05. The predicted molar refractivity (Wildman–Crippen MR) is 118 cm³/mol. The molecular formula is C18H24BrFIN5O. The van der Waals surface area contributed by atoms with Gasteiger partial charge in [-0.25, -0.2) is 4.39 Å². The monoisotopic (exact) mass is 551 g/mol. The van der Waals surface area contributed by atoms with E-state index >= 15 is 0 Å². The van der Waals surface area contributed by atoms with Gasteiger partial charge in [0.2, 0.25) is 0 Å². The number of hydrogen-bond acceptors (Lipinski definition) is 4. The van der Waals surface area contributed by atoms with Gasteiger partial charge in [0.15, 0.2) is 5.96 Å². The van der Waals surface area contributed by atoms with Crippen molar-refractivity contribution in [1.82, 2.24) is 20.3 Å². The number of benzene rings is 1. The minimum absolute atomic E-state index is 0. The molecule has 1 aliphatic rings. The topological polar surface area (TPSA) is 56.9 Å². The molecule has 3 rings (SSSR count). The molecule has 0 atom stereocenters. The second-order valence-electron chi connectivity index (χ2n) is 6.23. The van der Waals surface area contributed by atoms with Crippen LogP contribution in [0.15, 0.2) is 44.5 Å². The van der Waals surface area contributed by atoms with Crippen molar-refractivity contribution in [2.45, 2.75) is 13.0 Å². The number of nitrogens with zero attached hydrogens (tertiary/aromatic N) is 4. The molecule has 148 valence electrons. The number of piperazine rings is 1. The Balaban J connectivity index is 0.00000261. The van der Waals surface area contributed by atoms with Crippen molar-refractivity contribution in [2.24, 2.45) is 4.99 Å². The summed E-state index contributed by atoms with van der Waals surface area (Å²) >= 11 is 3.23. The third-order valence-electron chi connectivity index (χ3n) is 4.44. The van der Waals surface area contributed by atoms with Crippen molar-refractivity contribution in [2.75, 3.05) is 39.8 Å². The van der Waals surface area contributed by atoms with E-state index in [1.807, 2.05) is 18.2 Å². The van der Waals surface area contributed by atoms with Gasteiger partial charge in [-0.3, -0.25) is 9.89 Å². The number of guanidine groups is 1. The van der Waals surface area contributed by atoms with E-state index in [1.165, 1.54) is 6.07 Å².